The fourth-order valence-electron chi connectivity index (χ4n) is 0.561. The summed E-state index contributed by atoms with van der Waals surface area (Å²) in [5.41, 5.74) is 0. The Morgan fingerprint density at radius 2 is 1.11 bits per heavy atom. The van der Waals surface area contributed by atoms with Gasteiger partial charge in [-0.15, -0.1) is 0 Å². The molecule has 0 aliphatic rings. The molecule has 0 amide bonds. The first-order chi connectivity index (χ1) is 3.55. The average Bonchev–Trinajstić information content (AvgIpc) is 1.64. The first-order valence-corrected chi connectivity index (χ1v) is 3.22. The molecule has 0 aliphatic carbocycles. The second-order valence-corrected chi connectivity index (χ2v) is 2.81. The summed E-state index contributed by atoms with van der Waals surface area (Å²) < 4.78 is 0. The van der Waals surface area contributed by atoms with Gasteiger partial charge in [0.1, 0.15) is 0 Å². The molecule has 2 atom stereocenters. The van der Waals surface area contributed by atoms with Crippen molar-refractivity contribution in [2.75, 3.05) is 0 Å². The molecular formula is C8H16Y-2. The maximum Gasteiger partial charge on any atom is 0 e. The molecule has 53 valence electrons. The topological polar surface area (TPSA) is 0 Å². The third-order valence-corrected chi connectivity index (χ3v) is 1.80. The second-order valence-electron chi connectivity index (χ2n) is 2.81. The van der Waals surface area contributed by atoms with Gasteiger partial charge in [0.15, 0.2) is 0 Å². The largest absolute Gasteiger partial charge is 0.340 e. The van der Waals surface area contributed by atoms with E-state index in [1.807, 2.05) is 0 Å². The molecular weight excluding hydrogens is 185 g/mol. The molecule has 0 aromatic carbocycles. The minimum atomic E-state index is 0. The van der Waals surface area contributed by atoms with Crippen molar-refractivity contribution in [2.45, 2.75) is 20.8 Å². The van der Waals surface area contributed by atoms with Gasteiger partial charge in [-0.05, 0) is 0 Å². The number of hydrogen-bond donors (Lipinski definition) is 0. The first kappa shape index (κ1) is 12.8. The summed E-state index contributed by atoms with van der Waals surface area (Å²) in [6.07, 6.45) is 0. The summed E-state index contributed by atoms with van der Waals surface area (Å²) in [6.45, 7) is 14.3. The van der Waals surface area contributed by atoms with Crippen LogP contribution >= 0.6 is 0 Å². The maximum atomic E-state index is 3.92. The summed E-state index contributed by atoms with van der Waals surface area (Å²) in [4.78, 5) is 0. The molecule has 0 saturated carbocycles. The molecule has 0 saturated heterocycles. The molecule has 0 nitrogen and oxygen atoms in total. The van der Waals surface area contributed by atoms with Crippen LogP contribution in [0.1, 0.15) is 20.8 Å². The van der Waals surface area contributed by atoms with E-state index in [0.717, 1.165) is 0 Å². The van der Waals surface area contributed by atoms with Crippen LogP contribution in [-0.2, 0) is 32.7 Å². The van der Waals surface area contributed by atoms with Crippen LogP contribution in [0, 0.1) is 31.6 Å². The molecule has 0 bridgehead atoms. The SMILES string of the molecule is [CH2-]C(C)C(C)C([CH2-])C.[Y]. The van der Waals surface area contributed by atoms with E-state index < -0.39 is 0 Å². The third kappa shape index (κ3) is 5.54. The zero-order chi connectivity index (χ0) is 6.73. The molecule has 0 rings (SSSR count). The Kier molecular flexibility index (Phi) is 8.30. The molecule has 0 heterocycles. The van der Waals surface area contributed by atoms with Gasteiger partial charge in [0.25, 0.3) is 0 Å². The van der Waals surface area contributed by atoms with Gasteiger partial charge in [-0.2, -0.15) is 11.8 Å². The number of hydrogen-bond acceptors (Lipinski definition) is 0. The predicted molar refractivity (Wildman–Crippen MR) is 38.2 cm³/mol. The summed E-state index contributed by atoms with van der Waals surface area (Å²) >= 11 is 0. The van der Waals surface area contributed by atoms with Gasteiger partial charge in [0.2, 0.25) is 0 Å². The van der Waals surface area contributed by atoms with E-state index in [-0.39, 0.29) is 32.7 Å². The molecule has 2 unspecified atom stereocenters. The number of rotatable bonds is 2. The van der Waals surface area contributed by atoms with Crippen LogP contribution in [-0.4, -0.2) is 0 Å². The quantitative estimate of drug-likeness (QED) is 0.602. The Morgan fingerprint density at radius 1 is 0.889 bits per heavy atom. The van der Waals surface area contributed by atoms with Crippen molar-refractivity contribution in [2.24, 2.45) is 17.8 Å². The molecule has 0 N–H and O–H groups in total. The van der Waals surface area contributed by atoms with Crippen LogP contribution in [0.4, 0.5) is 0 Å². The van der Waals surface area contributed by atoms with Crippen LogP contribution in [0.5, 0.6) is 0 Å². The Labute approximate surface area is 84.7 Å². The van der Waals surface area contributed by atoms with Crippen LogP contribution < -0.4 is 0 Å². The van der Waals surface area contributed by atoms with Gasteiger partial charge in [0, 0.05) is 32.7 Å². The van der Waals surface area contributed by atoms with Gasteiger partial charge < -0.3 is 13.8 Å². The van der Waals surface area contributed by atoms with Crippen molar-refractivity contribution < 1.29 is 32.7 Å². The van der Waals surface area contributed by atoms with Crippen molar-refractivity contribution in [1.82, 2.24) is 0 Å². The fourth-order valence-corrected chi connectivity index (χ4v) is 0.561. The fraction of sp³-hybridized carbons (Fsp3) is 0.750. The molecule has 0 fully saturated rings. The van der Waals surface area contributed by atoms with Crippen molar-refractivity contribution in [3.63, 3.8) is 0 Å². The Hall–Kier alpha value is 1.10. The molecule has 0 aromatic heterocycles. The van der Waals surface area contributed by atoms with Crippen molar-refractivity contribution >= 4 is 0 Å². The average molecular weight is 201 g/mol. The summed E-state index contributed by atoms with van der Waals surface area (Å²) in [7, 11) is 0. The summed E-state index contributed by atoms with van der Waals surface area (Å²) in [6, 6.07) is 0. The van der Waals surface area contributed by atoms with E-state index in [4.69, 9.17) is 0 Å². The van der Waals surface area contributed by atoms with Crippen molar-refractivity contribution in [1.29, 1.82) is 0 Å². The van der Waals surface area contributed by atoms with E-state index in [1.54, 1.807) is 0 Å². The molecule has 0 aromatic rings. The molecule has 0 spiro atoms. The zero-order valence-corrected chi connectivity index (χ0v) is 9.56. The van der Waals surface area contributed by atoms with Crippen LogP contribution in [0.25, 0.3) is 0 Å². The Bertz CT molecular complexity index is 49.6. The molecule has 1 heteroatoms. The normalized spacial score (nSPS) is 19.7. The standard InChI is InChI=1S/C8H16.Y/c1-6(2)8(5)7(3)4;/h6-8H,1,3H2,2,4-5H3;/q-2;. The monoisotopic (exact) mass is 201 g/mol. The molecule has 9 heavy (non-hydrogen) atoms. The van der Waals surface area contributed by atoms with Gasteiger partial charge in [-0.3, -0.25) is 0 Å². The van der Waals surface area contributed by atoms with E-state index in [0.29, 0.717) is 17.8 Å². The van der Waals surface area contributed by atoms with Gasteiger partial charge in [-0.25, -0.2) is 0 Å². The minimum Gasteiger partial charge on any atom is -0.340 e. The van der Waals surface area contributed by atoms with Gasteiger partial charge >= 0.3 is 0 Å². The first-order valence-electron chi connectivity index (χ1n) is 3.22. The second kappa shape index (κ2) is 5.86. The smallest absolute Gasteiger partial charge is 0 e. The zero-order valence-electron chi connectivity index (χ0n) is 6.72. The third-order valence-electron chi connectivity index (χ3n) is 1.80. The predicted octanol–water partition coefficient (Wildman–Crippen LogP) is 2.56. The Morgan fingerprint density at radius 3 is 1.11 bits per heavy atom. The molecule has 0 aliphatic heterocycles. The van der Waals surface area contributed by atoms with Crippen LogP contribution in [0.15, 0.2) is 0 Å². The van der Waals surface area contributed by atoms with Crippen LogP contribution in [0.3, 0.4) is 0 Å². The van der Waals surface area contributed by atoms with Crippen LogP contribution in [0.2, 0.25) is 0 Å². The molecule has 1 radical (unpaired) electrons. The van der Waals surface area contributed by atoms with E-state index in [2.05, 4.69) is 34.6 Å². The van der Waals surface area contributed by atoms with E-state index in [1.165, 1.54) is 0 Å². The maximum absolute atomic E-state index is 3.92. The van der Waals surface area contributed by atoms with Crippen molar-refractivity contribution in [3.05, 3.63) is 13.8 Å². The van der Waals surface area contributed by atoms with E-state index >= 15 is 0 Å². The minimum absolute atomic E-state index is 0. The van der Waals surface area contributed by atoms with Gasteiger partial charge in [0.05, 0.1) is 0 Å². The van der Waals surface area contributed by atoms with E-state index in [9.17, 15) is 0 Å². The summed E-state index contributed by atoms with van der Waals surface area (Å²) in [5, 5.41) is 0. The summed E-state index contributed by atoms with van der Waals surface area (Å²) in [5.74, 6) is 1.71. The van der Waals surface area contributed by atoms with Crippen molar-refractivity contribution in [3.8, 4) is 0 Å². The Balaban J connectivity index is 0. The van der Waals surface area contributed by atoms with Gasteiger partial charge in [-0.1, -0.05) is 26.7 Å².